The number of unbranched alkanes of at least 4 members (excludes halogenated alkanes) is 1. The minimum Gasteiger partial charge on any atom is -0.349 e. The zero-order valence-corrected chi connectivity index (χ0v) is 12.0. The maximum absolute atomic E-state index is 11.7. The summed E-state index contributed by atoms with van der Waals surface area (Å²) in [7, 11) is 0. The lowest BCUT2D eigenvalue weighted by Gasteiger charge is -2.15. The smallest absolute Gasteiger partial charge is 0.252 e. The number of nitrogens with one attached hydrogen (secondary N) is 2. The molecule has 1 heterocycles. The van der Waals surface area contributed by atoms with Crippen LogP contribution in [-0.4, -0.2) is 9.97 Å². The molecule has 0 radical (unpaired) electrons. The molecule has 0 aliphatic rings. The zero-order valence-electron chi connectivity index (χ0n) is 12.0. The third-order valence-electron chi connectivity index (χ3n) is 3.23. The topological polar surface area (TPSA) is 57.8 Å². The maximum atomic E-state index is 11.7. The van der Waals surface area contributed by atoms with Crippen LogP contribution in [0.15, 0.2) is 41.2 Å². The van der Waals surface area contributed by atoms with E-state index in [1.54, 1.807) is 6.07 Å². The molecular weight excluding hydrogens is 250 g/mol. The molecule has 1 aromatic carbocycles. The average Bonchev–Trinajstić information content (AvgIpc) is 2.45. The highest BCUT2D eigenvalue weighted by atomic mass is 16.1. The number of aromatic amines is 1. The lowest BCUT2D eigenvalue weighted by atomic mass is 10.1. The van der Waals surface area contributed by atoms with E-state index in [0.717, 1.165) is 30.5 Å². The summed E-state index contributed by atoms with van der Waals surface area (Å²) in [5.41, 5.74) is 1.90. The van der Waals surface area contributed by atoms with Crippen LogP contribution < -0.4 is 10.9 Å². The first-order chi connectivity index (χ1) is 9.69. The summed E-state index contributed by atoms with van der Waals surface area (Å²) in [5, 5.41) is 3.25. The molecule has 0 bridgehead atoms. The molecule has 1 atom stereocenters. The summed E-state index contributed by atoms with van der Waals surface area (Å²) >= 11 is 0. The summed E-state index contributed by atoms with van der Waals surface area (Å²) in [4.78, 5) is 18.9. The maximum Gasteiger partial charge on any atom is 0.252 e. The number of nitrogens with zero attached hydrogens (tertiary/aromatic N) is 1. The first-order valence-electron chi connectivity index (χ1n) is 7.10. The fourth-order valence-corrected chi connectivity index (χ4v) is 2.09. The molecule has 0 aliphatic heterocycles. The van der Waals surface area contributed by atoms with Gasteiger partial charge in [-0.3, -0.25) is 9.78 Å². The SMILES string of the molecule is CCCCc1cc(=O)[nH]c(NC(C)c2ccccc2)n1. The molecule has 0 amide bonds. The molecule has 20 heavy (non-hydrogen) atoms. The van der Waals surface area contributed by atoms with Gasteiger partial charge in [0, 0.05) is 11.8 Å². The molecule has 2 rings (SSSR count). The van der Waals surface area contributed by atoms with Gasteiger partial charge in [0.05, 0.1) is 6.04 Å². The van der Waals surface area contributed by atoms with Crippen LogP contribution in [0.1, 0.15) is 44.0 Å². The van der Waals surface area contributed by atoms with E-state index in [0.29, 0.717) is 5.95 Å². The van der Waals surface area contributed by atoms with Crippen molar-refractivity contribution in [3.8, 4) is 0 Å². The second kappa shape index (κ2) is 6.89. The van der Waals surface area contributed by atoms with Gasteiger partial charge < -0.3 is 5.32 Å². The van der Waals surface area contributed by atoms with Crippen LogP contribution >= 0.6 is 0 Å². The lowest BCUT2D eigenvalue weighted by molar-refractivity contribution is 0.766. The molecule has 1 unspecified atom stereocenters. The van der Waals surface area contributed by atoms with E-state index in [2.05, 4.69) is 34.3 Å². The van der Waals surface area contributed by atoms with E-state index < -0.39 is 0 Å². The minimum atomic E-state index is -0.103. The Morgan fingerprint density at radius 3 is 2.75 bits per heavy atom. The van der Waals surface area contributed by atoms with E-state index in [1.807, 2.05) is 25.1 Å². The summed E-state index contributed by atoms with van der Waals surface area (Å²) < 4.78 is 0. The number of aromatic nitrogens is 2. The van der Waals surface area contributed by atoms with Crippen molar-refractivity contribution in [3.05, 3.63) is 58.0 Å². The Kier molecular flexibility index (Phi) is 4.93. The first-order valence-corrected chi connectivity index (χ1v) is 7.10. The van der Waals surface area contributed by atoms with E-state index in [4.69, 9.17) is 0 Å². The second-order valence-corrected chi connectivity index (χ2v) is 4.97. The second-order valence-electron chi connectivity index (χ2n) is 4.97. The summed E-state index contributed by atoms with van der Waals surface area (Å²) in [6.45, 7) is 4.18. The van der Waals surface area contributed by atoms with Crippen molar-refractivity contribution in [1.29, 1.82) is 0 Å². The van der Waals surface area contributed by atoms with E-state index >= 15 is 0 Å². The molecule has 0 spiro atoms. The van der Waals surface area contributed by atoms with Gasteiger partial charge in [-0.1, -0.05) is 43.7 Å². The van der Waals surface area contributed by atoms with Crippen LogP contribution in [0, 0.1) is 0 Å². The molecule has 0 saturated heterocycles. The largest absolute Gasteiger partial charge is 0.349 e. The van der Waals surface area contributed by atoms with E-state index in [1.165, 1.54) is 0 Å². The molecule has 0 aliphatic carbocycles. The quantitative estimate of drug-likeness (QED) is 0.847. The highest BCUT2D eigenvalue weighted by molar-refractivity contribution is 5.31. The van der Waals surface area contributed by atoms with Crippen LogP contribution in [0.4, 0.5) is 5.95 Å². The van der Waals surface area contributed by atoms with Crippen molar-refractivity contribution < 1.29 is 0 Å². The van der Waals surface area contributed by atoms with Gasteiger partial charge in [0.2, 0.25) is 5.95 Å². The van der Waals surface area contributed by atoms with Crippen LogP contribution in [0.3, 0.4) is 0 Å². The van der Waals surface area contributed by atoms with Crippen molar-refractivity contribution in [2.45, 2.75) is 39.2 Å². The Morgan fingerprint density at radius 1 is 1.30 bits per heavy atom. The van der Waals surface area contributed by atoms with Crippen molar-refractivity contribution in [2.24, 2.45) is 0 Å². The van der Waals surface area contributed by atoms with Gasteiger partial charge in [0.25, 0.3) is 5.56 Å². The lowest BCUT2D eigenvalue weighted by Crippen LogP contribution is -2.16. The van der Waals surface area contributed by atoms with Gasteiger partial charge in [0.15, 0.2) is 0 Å². The molecule has 4 nitrogen and oxygen atoms in total. The average molecular weight is 271 g/mol. The zero-order chi connectivity index (χ0) is 14.4. The molecule has 2 aromatic rings. The summed E-state index contributed by atoms with van der Waals surface area (Å²) in [6, 6.07) is 11.8. The number of hydrogen-bond acceptors (Lipinski definition) is 3. The van der Waals surface area contributed by atoms with Gasteiger partial charge >= 0.3 is 0 Å². The minimum absolute atomic E-state index is 0.0979. The first kappa shape index (κ1) is 14.3. The van der Waals surface area contributed by atoms with Crippen molar-refractivity contribution in [3.63, 3.8) is 0 Å². The molecule has 4 heteroatoms. The summed E-state index contributed by atoms with van der Waals surface area (Å²) in [6.07, 6.45) is 2.98. The molecule has 0 fully saturated rings. The predicted octanol–water partition coefficient (Wildman–Crippen LogP) is 3.29. The highest BCUT2D eigenvalue weighted by Crippen LogP contribution is 2.15. The number of rotatable bonds is 6. The van der Waals surface area contributed by atoms with Gasteiger partial charge in [-0.15, -0.1) is 0 Å². The third kappa shape index (κ3) is 3.95. The van der Waals surface area contributed by atoms with Crippen molar-refractivity contribution in [1.82, 2.24) is 9.97 Å². The fourth-order valence-electron chi connectivity index (χ4n) is 2.09. The Balaban J connectivity index is 2.12. The normalized spacial score (nSPS) is 12.1. The monoisotopic (exact) mass is 271 g/mol. The predicted molar refractivity (Wildman–Crippen MR) is 81.9 cm³/mol. The Bertz CT molecular complexity index is 592. The molecule has 1 aromatic heterocycles. The standard InChI is InChI=1S/C16H21N3O/c1-3-4-10-14-11-15(20)19-16(18-14)17-12(2)13-8-6-5-7-9-13/h5-9,11-12H,3-4,10H2,1-2H3,(H2,17,18,19,20). The Hall–Kier alpha value is -2.10. The number of benzene rings is 1. The van der Waals surface area contributed by atoms with Gasteiger partial charge in [-0.25, -0.2) is 4.98 Å². The summed E-state index contributed by atoms with van der Waals surface area (Å²) in [5.74, 6) is 0.542. The highest BCUT2D eigenvalue weighted by Gasteiger charge is 2.07. The molecule has 106 valence electrons. The van der Waals surface area contributed by atoms with E-state index in [9.17, 15) is 4.79 Å². The van der Waals surface area contributed by atoms with Crippen molar-refractivity contribution >= 4 is 5.95 Å². The number of aryl methyl sites for hydroxylation is 1. The number of anilines is 1. The Morgan fingerprint density at radius 2 is 2.05 bits per heavy atom. The van der Waals surface area contributed by atoms with Gasteiger partial charge in [-0.2, -0.15) is 0 Å². The van der Waals surface area contributed by atoms with Gasteiger partial charge in [-0.05, 0) is 25.3 Å². The number of H-pyrrole nitrogens is 1. The Labute approximate surface area is 119 Å². The van der Waals surface area contributed by atoms with Crippen LogP contribution in [-0.2, 0) is 6.42 Å². The fraction of sp³-hybridized carbons (Fsp3) is 0.375. The molecule has 2 N–H and O–H groups in total. The van der Waals surface area contributed by atoms with Crippen LogP contribution in [0.2, 0.25) is 0 Å². The van der Waals surface area contributed by atoms with Crippen molar-refractivity contribution in [2.75, 3.05) is 5.32 Å². The van der Waals surface area contributed by atoms with Gasteiger partial charge in [0.1, 0.15) is 0 Å². The molecular formula is C16H21N3O. The van der Waals surface area contributed by atoms with E-state index in [-0.39, 0.29) is 11.6 Å². The molecule has 0 saturated carbocycles. The van der Waals surface area contributed by atoms with Crippen LogP contribution in [0.5, 0.6) is 0 Å². The number of hydrogen-bond donors (Lipinski definition) is 2. The van der Waals surface area contributed by atoms with Crippen LogP contribution in [0.25, 0.3) is 0 Å². The third-order valence-corrected chi connectivity index (χ3v) is 3.23.